The van der Waals surface area contributed by atoms with Crippen LogP contribution in [0, 0.1) is 0 Å². The van der Waals surface area contributed by atoms with Crippen molar-refractivity contribution >= 4 is 27.2 Å². The van der Waals surface area contributed by atoms with Crippen molar-refractivity contribution in [1.82, 2.24) is 4.98 Å². The van der Waals surface area contributed by atoms with E-state index in [2.05, 4.69) is 21.7 Å². The average Bonchev–Trinajstić information content (AvgIpc) is 2.55. The Labute approximate surface area is 141 Å². The summed E-state index contributed by atoms with van der Waals surface area (Å²) >= 11 is 0. The number of aromatic nitrogens is 1. The lowest BCUT2D eigenvalue weighted by Crippen LogP contribution is -2.21. The lowest BCUT2D eigenvalue weighted by Gasteiger charge is -2.19. The van der Waals surface area contributed by atoms with E-state index in [9.17, 15) is 13.2 Å². The number of fused-ring (bicyclic) bond motifs is 1. The van der Waals surface area contributed by atoms with Gasteiger partial charge in [-0.2, -0.15) is 0 Å². The Bertz CT molecular complexity index is 861. The van der Waals surface area contributed by atoms with Crippen molar-refractivity contribution in [3.05, 3.63) is 47.7 Å². The summed E-state index contributed by atoms with van der Waals surface area (Å²) in [5.74, 6) is 0. The van der Waals surface area contributed by atoms with Crippen molar-refractivity contribution in [2.45, 2.75) is 30.7 Å². The highest BCUT2D eigenvalue weighted by Crippen LogP contribution is 2.27. The smallest absolute Gasteiger partial charge is 0.307 e. The molecule has 2 aromatic rings. The van der Waals surface area contributed by atoms with Crippen molar-refractivity contribution in [2.75, 3.05) is 16.9 Å². The summed E-state index contributed by atoms with van der Waals surface area (Å²) < 4.78 is 22.8. The van der Waals surface area contributed by atoms with E-state index in [1.807, 2.05) is 12.1 Å². The van der Waals surface area contributed by atoms with E-state index in [0.29, 0.717) is 5.69 Å². The van der Waals surface area contributed by atoms with Crippen LogP contribution in [0.1, 0.15) is 24.0 Å². The van der Waals surface area contributed by atoms with Gasteiger partial charge >= 0.3 is 6.03 Å². The van der Waals surface area contributed by atoms with E-state index in [4.69, 9.17) is 0 Å². The van der Waals surface area contributed by atoms with Gasteiger partial charge in [-0.3, -0.25) is 0 Å². The van der Waals surface area contributed by atoms with Gasteiger partial charge in [0.15, 0.2) is 14.9 Å². The van der Waals surface area contributed by atoms with Gasteiger partial charge in [0, 0.05) is 11.9 Å². The quantitative estimate of drug-likeness (QED) is 0.895. The fourth-order valence-electron chi connectivity index (χ4n) is 2.86. The zero-order valence-corrected chi connectivity index (χ0v) is 14.2. The number of hydrogen-bond acceptors (Lipinski definition) is 4. The molecular formula is C17H19N3O3S. The maximum absolute atomic E-state index is 12.2. The highest BCUT2D eigenvalue weighted by atomic mass is 32.2. The molecular weight excluding hydrogens is 326 g/mol. The molecule has 24 heavy (non-hydrogen) atoms. The van der Waals surface area contributed by atoms with E-state index < -0.39 is 9.84 Å². The Kier molecular flexibility index (Phi) is 4.53. The Morgan fingerprint density at radius 3 is 2.58 bits per heavy atom. The highest BCUT2D eigenvalue weighted by molar-refractivity contribution is 7.90. The number of pyridine rings is 1. The van der Waals surface area contributed by atoms with Crippen molar-refractivity contribution in [1.29, 1.82) is 0 Å². The van der Waals surface area contributed by atoms with Gasteiger partial charge in [-0.1, -0.05) is 12.1 Å². The predicted molar refractivity (Wildman–Crippen MR) is 93.1 cm³/mol. The second-order valence-electron chi connectivity index (χ2n) is 5.89. The second kappa shape index (κ2) is 6.60. The van der Waals surface area contributed by atoms with Gasteiger partial charge in [0.05, 0.1) is 11.9 Å². The van der Waals surface area contributed by atoms with Crippen LogP contribution >= 0.6 is 0 Å². The number of benzene rings is 1. The molecule has 0 atom stereocenters. The third-order valence-electron chi connectivity index (χ3n) is 4.02. The molecule has 7 heteroatoms. The van der Waals surface area contributed by atoms with Crippen LogP contribution in [0.25, 0.3) is 0 Å². The third-order valence-corrected chi connectivity index (χ3v) is 5.02. The van der Waals surface area contributed by atoms with E-state index >= 15 is 0 Å². The molecule has 1 aliphatic carbocycles. The number of carbonyl (C=O) groups excluding carboxylic acids is 1. The lowest BCUT2D eigenvalue weighted by atomic mass is 9.90. The topological polar surface area (TPSA) is 88.2 Å². The number of aryl methyl sites for hydroxylation is 1. The number of nitrogens with one attached hydrogen (secondary N) is 2. The minimum absolute atomic E-state index is 0.0226. The van der Waals surface area contributed by atoms with Crippen LogP contribution in [0.15, 0.2) is 41.6 Å². The molecule has 1 heterocycles. The van der Waals surface area contributed by atoms with Crippen molar-refractivity contribution in [2.24, 2.45) is 0 Å². The van der Waals surface area contributed by atoms with Crippen LogP contribution in [0.2, 0.25) is 0 Å². The van der Waals surface area contributed by atoms with Gasteiger partial charge in [-0.05, 0) is 55.0 Å². The molecule has 0 radical (unpaired) electrons. The summed E-state index contributed by atoms with van der Waals surface area (Å²) in [7, 11) is -3.35. The molecule has 0 bridgehead atoms. The van der Waals surface area contributed by atoms with Gasteiger partial charge in [0.2, 0.25) is 0 Å². The molecule has 0 saturated carbocycles. The van der Waals surface area contributed by atoms with Gasteiger partial charge in [-0.25, -0.2) is 18.2 Å². The molecule has 1 aromatic carbocycles. The van der Waals surface area contributed by atoms with Gasteiger partial charge in [0.1, 0.15) is 0 Å². The highest BCUT2D eigenvalue weighted by Gasteiger charge is 2.15. The second-order valence-corrected chi connectivity index (χ2v) is 7.85. The van der Waals surface area contributed by atoms with E-state index in [0.717, 1.165) is 31.2 Å². The maximum Gasteiger partial charge on any atom is 0.323 e. The summed E-state index contributed by atoms with van der Waals surface area (Å²) in [6, 6.07) is 8.46. The van der Waals surface area contributed by atoms with Crippen molar-refractivity contribution < 1.29 is 13.2 Å². The van der Waals surface area contributed by atoms with Gasteiger partial charge in [-0.15, -0.1) is 0 Å². The molecule has 0 saturated heterocycles. The molecule has 0 spiro atoms. The molecule has 1 aliphatic rings. The summed E-state index contributed by atoms with van der Waals surface area (Å²) in [5.41, 5.74) is 3.75. The average molecular weight is 345 g/mol. The number of sulfone groups is 1. The van der Waals surface area contributed by atoms with E-state index in [1.54, 1.807) is 0 Å². The molecule has 0 aliphatic heterocycles. The SMILES string of the molecule is CS(=O)(=O)c1ccc(NC(=O)Nc2cccc3c2CCCC3)cn1. The Balaban J connectivity index is 1.70. The fourth-order valence-corrected chi connectivity index (χ4v) is 3.42. The standard InChI is InChI=1S/C17H19N3O3S/c1-24(22,23)16-10-9-13(11-18-16)19-17(21)20-15-8-4-6-12-5-2-3-7-14(12)15/h4,6,8-11H,2-3,5,7H2,1H3,(H2,19,20,21). The first-order chi connectivity index (χ1) is 11.4. The first-order valence-corrected chi connectivity index (χ1v) is 9.67. The summed E-state index contributed by atoms with van der Waals surface area (Å²) in [4.78, 5) is 16.0. The molecule has 126 valence electrons. The van der Waals surface area contributed by atoms with Crippen LogP contribution in [0.4, 0.5) is 16.2 Å². The number of hydrogen-bond donors (Lipinski definition) is 2. The Morgan fingerprint density at radius 1 is 1.08 bits per heavy atom. The van der Waals surface area contributed by atoms with Crippen LogP contribution < -0.4 is 10.6 Å². The normalized spacial score (nSPS) is 13.9. The lowest BCUT2D eigenvalue weighted by molar-refractivity contribution is 0.262. The van der Waals surface area contributed by atoms with Crippen LogP contribution in [0.3, 0.4) is 0 Å². The Morgan fingerprint density at radius 2 is 1.88 bits per heavy atom. The number of rotatable bonds is 3. The van der Waals surface area contributed by atoms with Crippen molar-refractivity contribution in [3.63, 3.8) is 0 Å². The number of amides is 2. The number of carbonyl (C=O) groups is 1. The van der Waals surface area contributed by atoms with E-state index in [1.165, 1.54) is 35.9 Å². The predicted octanol–water partition coefficient (Wildman–Crippen LogP) is 3.01. The van der Waals surface area contributed by atoms with Crippen LogP contribution in [0.5, 0.6) is 0 Å². The first-order valence-electron chi connectivity index (χ1n) is 7.78. The minimum atomic E-state index is -3.35. The first kappa shape index (κ1) is 16.4. The maximum atomic E-state index is 12.2. The molecule has 0 fully saturated rings. The summed E-state index contributed by atoms with van der Waals surface area (Å²) in [5, 5.41) is 5.51. The van der Waals surface area contributed by atoms with E-state index in [-0.39, 0.29) is 11.1 Å². The molecule has 6 nitrogen and oxygen atoms in total. The zero-order valence-electron chi connectivity index (χ0n) is 13.4. The van der Waals surface area contributed by atoms with Crippen LogP contribution in [-0.4, -0.2) is 25.7 Å². The molecule has 2 amide bonds. The molecule has 1 aromatic heterocycles. The van der Waals surface area contributed by atoms with Gasteiger partial charge < -0.3 is 10.6 Å². The monoisotopic (exact) mass is 345 g/mol. The summed E-state index contributed by atoms with van der Waals surface area (Å²) in [6.07, 6.45) is 6.75. The molecule has 3 rings (SSSR count). The number of anilines is 2. The number of nitrogens with zero attached hydrogens (tertiary/aromatic N) is 1. The van der Waals surface area contributed by atoms with Crippen molar-refractivity contribution in [3.8, 4) is 0 Å². The summed E-state index contributed by atoms with van der Waals surface area (Å²) in [6.45, 7) is 0. The number of urea groups is 1. The minimum Gasteiger partial charge on any atom is -0.307 e. The zero-order chi connectivity index (χ0) is 17.2. The molecule has 2 N–H and O–H groups in total. The molecule has 0 unspecified atom stereocenters. The Hall–Kier alpha value is -2.41. The van der Waals surface area contributed by atoms with Gasteiger partial charge in [0.25, 0.3) is 0 Å². The van der Waals surface area contributed by atoms with Crippen LogP contribution in [-0.2, 0) is 22.7 Å². The fraction of sp³-hybridized carbons (Fsp3) is 0.294. The third kappa shape index (κ3) is 3.73. The largest absolute Gasteiger partial charge is 0.323 e.